The number of carbonyl (C=O) groups is 2. The Hall–Kier alpha value is -2.38. The van der Waals surface area contributed by atoms with Crippen LogP contribution in [0.15, 0.2) is 48.1 Å². The molecule has 166 valence electrons. The minimum absolute atomic E-state index is 0.0601. The number of rotatable bonds is 5. The standard InChI is InChI=1S/C25H21F3O3S/c1-24(15-4-2-3-5-21(15)32)12-19(30)23-22(20-8-9-25(23,24)31-20)18(29)7-6-14-16(27)10-13(26)11-17(14)28/h2-4,8-11,20,22-23H,5-7,12H2,1H3. The van der Waals surface area contributed by atoms with Gasteiger partial charge >= 0.3 is 0 Å². The molecule has 7 heteroatoms. The fourth-order valence-corrected chi connectivity index (χ4v) is 6.39. The number of fused-ring (bicyclic) bond motifs is 1. The Morgan fingerprint density at radius 3 is 2.66 bits per heavy atom. The summed E-state index contributed by atoms with van der Waals surface area (Å²) in [5.41, 5.74) is -1.09. The second-order valence-electron chi connectivity index (χ2n) is 9.16. The summed E-state index contributed by atoms with van der Waals surface area (Å²) in [6, 6.07) is 1.20. The van der Waals surface area contributed by atoms with E-state index in [1.54, 1.807) is 0 Å². The lowest BCUT2D eigenvalue weighted by molar-refractivity contribution is -0.130. The topological polar surface area (TPSA) is 43.4 Å². The van der Waals surface area contributed by atoms with Gasteiger partial charge in [0.05, 0.1) is 17.9 Å². The number of ketones is 2. The number of benzene rings is 1. The van der Waals surface area contributed by atoms with Crippen LogP contribution in [0, 0.1) is 34.7 Å². The van der Waals surface area contributed by atoms with E-state index in [4.69, 9.17) is 17.0 Å². The van der Waals surface area contributed by atoms with E-state index in [-0.39, 0.29) is 36.4 Å². The molecule has 2 fully saturated rings. The van der Waals surface area contributed by atoms with Crippen LogP contribution >= 0.6 is 12.2 Å². The van der Waals surface area contributed by atoms with E-state index in [0.29, 0.717) is 18.6 Å². The maximum atomic E-state index is 14.0. The third-order valence-electron chi connectivity index (χ3n) is 7.47. The highest BCUT2D eigenvalue weighted by atomic mass is 32.1. The van der Waals surface area contributed by atoms with Crippen LogP contribution in [0.1, 0.15) is 31.7 Å². The molecule has 2 bridgehead atoms. The maximum absolute atomic E-state index is 14.0. The Labute approximate surface area is 189 Å². The van der Waals surface area contributed by atoms with Crippen molar-refractivity contribution in [2.45, 2.75) is 44.3 Å². The van der Waals surface area contributed by atoms with Crippen LogP contribution in [0.25, 0.3) is 0 Å². The van der Waals surface area contributed by atoms with Crippen LogP contribution in [0.4, 0.5) is 13.2 Å². The average Bonchev–Trinajstić information content (AvgIpc) is 3.37. The predicted molar refractivity (Wildman–Crippen MR) is 116 cm³/mol. The lowest BCUT2D eigenvalue weighted by atomic mass is 9.63. The van der Waals surface area contributed by atoms with Gasteiger partial charge in [-0.3, -0.25) is 9.59 Å². The molecule has 1 aromatic rings. The number of carbonyl (C=O) groups excluding carboxylic acids is 2. The SMILES string of the molecule is CC1(C2=CC=CCC2=S)CC(=O)C2C(C(=O)CCc3c(F)cc(F)cc3F)C3C=CC21O3. The molecule has 2 aliphatic heterocycles. The zero-order valence-corrected chi connectivity index (χ0v) is 18.2. The van der Waals surface area contributed by atoms with Gasteiger partial charge in [0, 0.05) is 47.2 Å². The third kappa shape index (κ3) is 2.87. The summed E-state index contributed by atoms with van der Waals surface area (Å²) in [5, 5.41) is 0. The highest BCUT2D eigenvalue weighted by Crippen LogP contribution is 2.65. The molecule has 0 amide bonds. The van der Waals surface area contributed by atoms with Crippen LogP contribution in [0.5, 0.6) is 0 Å². The molecule has 0 radical (unpaired) electrons. The first-order valence-corrected chi connectivity index (χ1v) is 11.1. The Balaban J connectivity index is 1.43. The minimum Gasteiger partial charge on any atom is -0.361 e. The largest absolute Gasteiger partial charge is 0.361 e. The molecule has 32 heavy (non-hydrogen) atoms. The number of hydrogen-bond acceptors (Lipinski definition) is 4. The quantitative estimate of drug-likeness (QED) is 0.471. The molecule has 2 heterocycles. The highest BCUT2D eigenvalue weighted by molar-refractivity contribution is 7.80. The maximum Gasteiger partial charge on any atom is 0.141 e. The summed E-state index contributed by atoms with van der Waals surface area (Å²) in [5.74, 6) is -4.77. The Kier molecular flexibility index (Phi) is 4.91. The highest BCUT2D eigenvalue weighted by Gasteiger charge is 2.73. The Bertz CT molecular complexity index is 1130. The van der Waals surface area contributed by atoms with Gasteiger partial charge in [0.1, 0.15) is 34.6 Å². The van der Waals surface area contributed by atoms with E-state index < -0.39 is 46.4 Å². The van der Waals surface area contributed by atoms with Crippen LogP contribution in [-0.2, 0) is 20.7 Å². The van der Waals surface area contributed by atoms with E-state index in [1.165, 1.54) is 0 Å². The van der Waals surface area contributed by atoms with Gasteiger partial charge in [-0.2, -0.15) is 0 Å². The van der Waals surface area contributed by atoms with Gasteiger partial charge in [-0.25, -0.2) is 13.2 Å². The normalized spacial score (nSPS) is 34.9. The van der Waals surface area contributed by atoms with E-state index in [1.807, 2.05) is 37.3 Å². The van der Waals surface area contributed by atoms with Crippen molar-refractivity contribution in [2.75, 3.05) is 0 Å². The first-order chi connectivity index (χ1) is 15.2. The number of hydrogen-bond donors (Lipinski definition) is 0. The predicted octanol–water partition coefficient (Wildman–Crippen LogP) is 4.78. The monoisotopic (exact) mass is 458 g/mol. The molecule has 2 aliphatic carbocycles. The Morgan fingerprint density at radius 1 is 1.25 bits per heavy atom. The number of allylic oxidation sites excluding steroid dienone is 3. The third-order valence-corrected chi connectivity index (χ3v) is 7.86. The van der Waals surface area contributed by atoms with Gasteiger partial charge in [0.15, 0.2) is 0 Å². The summed E-state index contributed by atoms with van der Waals surface area (Å²) >= 11 is 5.58. The smallest absolute Gasteiger partial charge is 0.141 e. The van der Waals surface area contributed by atoms with Crippen LogP contribution < -0.4 is 0 Å². The average molecular weight is 459 g/mol. The van der Waals surface area contributed by atoms with Gasteiger partial charge in [0.25, 0.3) is 0 Å². The van der Waals surface area contributed by atoms with Crippen LogP contribution in [0.2, 0.25) is 0 Å². The zero-order valence-electron chi connectivity index (χ0n) is 17.4. The fraction of sp³-hybridized carbons (Fsp3) is 0.400. The molecule has 5 unspecified atom stereocenters. The van der Waals surface area contributed by atoms with Crippen molar-refractivity contribution in [1.82, 2.24) is 0 Å². The van der Waals surface area contributed by atoms with E-state index in [9.17, 15) is 22.8 Å². The fourth-order valence-electron chi connectivity index (χ4n) is 6.00. The minimum atomic E-state index is -1.02. The van der Waals surface area contributed by atoms with Crippen molar-refractivity contribution in [2.24, 2.45) is 17.3 Å². The second-order valence-corrected chi connectivity index (χ2v) is 9.66. The number of halogens is 3. The molecule has 1 aromatic carbocycles. The van der Waals surface area contributed by atoms with E-state index in [2.05, 4.69) is 0 Å². The van der Waals surface area contributed by atoms with Crippen molar-refractivity contribution in [1.29, 1.82) is 0 Å². The van der Waals surface area contributed by atoms with Gasteiger partial charge in [-0.15, -0.1) is 0 Å². The molecule has 0 N–H and O–H groups in total. The van der Waals surface area contributed by atoms with Crippen molar-refractivity contribution >= 4 is 28.6 Å². The van der Waals surface area contributed by atoms with Crippen LogP contribution in [-0.4, -0.2) is 28.1 Å². The molecular weight excluding hydrogens is 437 g/mol. The number of thiocarbonyl (C=S) groups is 1. The first kappa shape index (κ1) is 21.5. The summed E-state index contributed by atoms with van der Waals surface area (Å²) in [4.78, 5) is 27.2. The Morgan fingerprint density at radius 2 is 1.97 bits per heavy atom. The molecule has 1 saturated carbocycles. The zero-order chi connectivity index (χ0) is 22.8. The molecule has 4 aliphatic rings. The molecule has 3 nitrogen and oxygen atoms in total. The van der Waals surface area contributed by atoms with Gasteiger partial charge in [-0.1, -0.05) is 49.5 Å². The summed E-state index contributed by atoms with van der Waals surface area (Å²) in [6.07, 6.45) is 9.41. The van der Waals surface area contributed by atoms with Crippen LogP contribution in [0.3, 0.4) is 0 Å². The lowest BCUT2D eigenvalue weighted by Crippen LogP contribution is -2.47. The van der Waals surface area contributed by atoms with E-state index >= 15 is 0 Å². The van der Waals surface area contributed by atoms with Crippen molar-refractivity contribution in [3.63, 3.8) is 0 Å². The van der Waals surface area contributed by atoms with Gasteiger partial charge in [-0.05, 0) is 12.0 Å². The van der Waals surface area contributed by atoms with Gasteiger partial charge in [0.2, 0.25) is 0 Å². The molecule has 1 spiro atoms. The van der Waals surface area contributed by atoms with Crippen molar-refractivity contribution < 1.29 is 27.5 Å². The van der Waals surface area contributed by atoms with Crippen molar-refractivity contribution in [3.8, 4) is 0 Å². The number of Topliss-reactive ketones (excluding diaryl/α,β-unsaturated/α-hetero) is 2. The summed E-state index contributed by atoms with van der Waals surface area (Å²) < 4.78 is 47.5. The molecular formula is C25H21F3O3S. The second kappa shape index (κ2) is 7.32. The molecule has 5 rings (SSSR count). The molecule has 0 aromatic heterocycles. The molecule has 1 saturated heterocycles. The lowest BCUT2D eigenvalue weighted by Gasteiger charge is -2.41. The molecule has 5 atom stereocenters. The van der Waals surface area contributed by atoms with E-state index in [0.717, 1.165) is 10.4 Å². The summed E-state index contributed by atoms with van der Waals surface area (Å²) in [7, 11) is 0. The summed E-state index contributed by atoms with van der Waals surface area (Å²) in [6.45, 7) is 1.96. The first-order valence-electron chi connectivity index (χ1n) is 10.6. The number of ether oxygens (including phenoxy) is 1. The van der Waals surface area contributed by atoms with Crippen molar-refractivity contribution in [3.05, 3.63) is 71.1 Å². The van der Waals surface area contributed by atoms with Gasteiger partial charge < -0.3 is 4.74 Å².